The van der Waals surface area contributed by atoms with Crippen molar-refractivity contribution in [2.24, 2.45) is 0 Å². The summed E-state index contributed by atoms with van der Waals surface area (Å²) in [4.78, 5) is 0. The number of hydrogen-bond donors (Lipinski definition) is 1. The Balaban J connectivity index is 1.82. The fourth-order valence-corrected chi connectivity index (χ4v) is 3.95. The molecule has 4 heteroatoms. The number of fused-ring (bicyclic) bond motifs is 1. The van der Waals surface area contributed by atoms with Gasteiger partial charge in [-0.05, 0) is 43.8 Å². The van der Waals surface area contributed by atoms with E-state index >= 15 is 0 Å². The van der Waals surface area contributed by atoms with E-state index in [1.54, 1.807) is 0 Å². The van der Waals surface area contributed by atoms with E-state index in [1.807, 2.05) is 0 Å². The number of hydrogen-bond acceptors (Lipinski definition) is 2. The number of rotatable bonds is 6. The molecule has 0 amide bonds. The molecule has 1 aliphatic heterocycles. The first-order chi connectivity index (χ1) is 11.4. The van der Waals surface area contributed by atoms with Crippen LogP contribution in [-0.4, -0.2) is 31.0 Å². The van der Waals surface area contributed by atoms with E-state index in [4.69, 9.17) is 4.74 Å². The molecule has 2 heterocycles. The minimum atomic E-state index is -1.27. The third-order valence-corrected chi connectivity index (χ3v) is 8.04. The molecule has 132 valence electrons. The van der Waals surface area contributed by atoms with Crippen LogP contribution in [0.5, 0.6) is 0 Å². The van der Waals surface area contributed by atoms with Crippen LogP contribution in [0, 0.1) is 0 Å². The second-order valence-corrected chi connectivity index (χ2v) is 13.8. The zero-order valence-electron chi connectivity index (χ0n) is 15.6. The van der Waals surface area contributed by atoms with Gasteiger partial charge >= 0.3 is 0 Å². The van der Waals surface area contributed by atoms with E-state index in [0.717, 1.165) is 13.0 Å². The first kappa shape index (κ1) is 17.7. The quantitative estimate of drug-likeness (QED) is 0.777. The molecule has 2 atom stereocenters. The van der Waals surface area contributed by atoms with Crippen molar-refractivity contribution in [1.82, 2.24) is 9.88 Å². The van der Waals surface area contributed by atoms with Crippen molar-refractivity contribution in [1.29, 1.82) is 0 Å². The Hall–Kier alpha value is -1.10. The number of nitrogens with one attached hydrogen (secondary N) is 1. The highest BCUT2D eigenvalue weighted by atomic mass is 28.3. The predicted octanol–water partition coefficient (Wildman–Crippen LogP) is 4.57. The second kappa shape index (κ2) is 7.42. The van der Waals surface area contributed by atoms with E-state index in [-0.39, 0.29) is 0 Å². The summed E-state index contributed by atoms with van der Waals surface area (Å²) >= 11 is 0. The van der Waals surface area contributed by atoms with Gasteiger partial charge in [0.1, 0.15) is 6.73 Å². The standard InChI is InChI=1S/C20H32N2OSi/c1-16(24(2,3)4)23-15-22-19(14-18-10-7-8-12-21-18)13-17-9-5-6-11-20(17)22/h5-6,9,11,13,16,18,21H,7-8,10,12,14-15H2,1-4H3. The monoisotopic (exact) mass is 344 g/mol. The van der Waals surface area contributed by atoms with Crippen molar-refractivity contribution in [3.63, 3.8) is 0 Å². The Labute approximate surface area is 147 Å². The second-order valence-electron chi connectivity index (χ2n) is 8.28. The number of nitrogens with zero attached hydrogens (tertiary/aromatic N) is 1. The SMILES string of the molecule is CC(OCn1c(CC2CCCCN2)cc2ccccc21)[Si](C)(C)C. The maximum absolute atomic E-state index is 6.29. The van der Waals surface area contributed by atoms with E-state index < -0.39 is 8.07 Å². The summed E-state index contributed by atoms with van der Waals surface area (Å²) in [5.74, 6) is 0. The van der Waals surface area contributed by atoms with Gasteiger partial charge in [-0.1, -0.05) is 44.3 Å². The number of aromatic nitrogens is 1. The van der Waals surface area contributed by atoms with Crippen molar-refractivity contribution >= 4 is 19.0 Å². The molecule has 2 aromatic rings. The largest absolute Gasteiger partial charge is 0.361 e. The normalized spacial score (nSPS) is 20.4. The Morgan fingerprint density at radius 1 is 1.25 bits per heavy atom. The summed E-state index contributed by atoms with van der Waals surface area (Å²) in [5.41, 5.74) is 3.06. The molecule has 3 rings (SSSR count). The fourth-order valence-electron chi connectivity index (χ4n) is 3.38. The van der Waals surface area contributed by atoms with Gasteiger partial charge in [0.15, 0.2) is 0 Å². The summed E-state index contributed by atoms with van der Waals surface area (Å²) in [7, 11) is -1.27. The third-order valence-electron chi connectivity index (χ3n) is 5.44. The molecular weight excluding hydrogens is 312 g/mol. The maximum atomic E-state index is 6.29. The van der Waals surface area contributed by atoms with Crippen molar-refractivity contribution in [2.45, 2.75) is 70.7 Å². The molecule has 1 aromatic carbocycles. The lowest BCUT2D eigenvalue weighted by Crippen LogP contribution is -2.38. The molecule has 0 spiro atoms. The minimum Gasteiger partial charge on any atom is -0.361 e. The number of piperidine rings is 1. The van der Waals surface area contributed by atoms with E-state index in [1.165, 1.54) is 35.9 Å². The molecule has 3 nitrogen and oxygen atoms in total. The zero-order valence-corrected chi connectivity index (χ0v) is 16.6. The number of para-hydroxylation sites is 1. The van der Waals surface area contributed by atoms with Crippen molar-refractivity contribution in [2.75, 3.05) is 6.54 Å². The third kappa shape index (κ3) is 4.10. The maximum Gasteiger partial charge on any atom is 0.123 e. The van der Waals surface area contributed by atoms with Crippen LogP contribution in [0.3, 0.4) is 0 Å². The molecule has 24 heavy (non-hydrogen) atoms. The molecule has 1 N–H and O–H groups in total. The molecule has 2 unspecified atom stereocenters. The van der Waals surface area contributed by atoms with Gasteiger partial charge in [-0.15, -0.1) is 0 Å². The van der Waals surface area contributed by atoms with Crippen LogP contribution in [0.2, 0.25) is 19.6 Å². The van der Waals surface area contributed by atoms with Crippen LogP contribution in [-0.2, 0) is 17.9 Å². The van der Waals surface area contributed by atoms with Gasteiger partial charge in [-0.25, -0.2) is 0 Å². The smallest absolute Gasteiger partial charge is 0.123 e. The molecule has 1 fully saturated rings. The number of ether oxygens (including phenoxy) is 1. The Bertz CT molecular complexity index is 668. The average Bonchev–Trinajstić information content (AvgIpc) is 2.90. The minimum absolute atomic E-state index is 0.360. The average molecular weight is 345 g/mol. The zero-order chi connectivity index (χ0) is 17.2. The summed E-state index contributed by atoms with van der Waals surface area (Å²) < 4.78 is 8.68. The molecule has 0 radical (unpaired) electrons. The fraction of sp³-hybridized carbons (Fsp3) is 0.600. The van der Waals surface area contributed by atoms with Crippen molar-refractivity contribution < 1.29 is 4.74 Å². The van der Waals surface area contributed by atoms with Crippen LogP contribution in [0.4, 0.5) is 0 Å². The van der Waals surface area contributed by atoms with E-state index in [9.17, 15) is 0 Å². The highest BCUT2D eigenvalue weighted by Crippen LogP contribution is 2.23. The summed E-state index contributed by atoms with van der Waals surface area (Å²) in [6.07, 6.45) is 5.05. The summed E-state index contributed by atoms with van der Waals surface area (Å²) in [6.45, 7) is 11.2. The summed E-state index contributed by atoms with van der Waals surface area (Å²) in [6, 6.07) is 11.6. The topological polar surface area (TPSA) is 26.2 Å². The van der Waals surface area contributed by atoms with Gasteiger partial charge in [0.2, 0.25) is 0 Å². The van der Waals surface area contributed by atoms with Gasteiger partial charge < -0.3 is 14.6 Å². The highest BCUT2D eigenvalue weighted by molar-refractivity contribution is 6.77. The first-order valence-electron chi connectivity index (χ1n) is 9.37. The van der Waals surface area contributed by atoms with Crippen LogP contribution >= 0.6 is 0 Å². The molecular formula is C20H32N2OSi. The van der Waals surface area contributed by atoms with Gasteiger partial charge in [0.05, 0.1) is 13.6 Å². The molecule has 1 aliphatic rings. The van der Waals surface area contributed by atoms with Crippen LogP contribution in [0.1, 0.15) is 31.9 Å². The van der Waals surface area contributed by atoms with Gasteiger partial charge in [0.25, 0.3) is 0 Å². The Morgan fingerprint density at radius 2 is 2.04 bits per heavy atom. The molecule has 0 saturated carbocycles. The van der Waals surface area contributed by atoms with E-state index in [2.05, 4.69) is 66.8 Å². The molecule has 0 bridgehead atoms. The lowest BCUT2D eigenvalue weighted by molar-refractivity contribution is 0.0575. The molecule has 1 saturated heterocycles. The predicted molar refractivity (Wildman–Crippen MR) is 105 cm³/mol. The molecule has 1 aromatic heterocycles. The van der Waals surface area contributed by atoms with Gasteiger partial charge in [0, 0.05) is 23.9 Å². The first-order valence-corrected chi connectivity index (χ1v) is 12.9. The van der Waals surface area contributed by atoms with Gasteiger partial charge in [-0.2, -0.15) is 0 Å². The molecule has 0 aliphatic carbocycles. The van der Waals surface area contributed by atoms with Crippen LogP contribution in [0.15, 0.2) is 30.3 Å². The lowest BCUT2D eigenvalue weighted by Gasteiger charge is -2.27. The van der Waals surface area contributed by atoms with Gasteiger partial charge in [-0.3, -0.25) is 0 Å². The van der Waals surface area contributed by atoms with E-state index in [0.29, 0.717) is 18.5 Å². The number of benzene rings is 1. The van der Waals surface area contributed by atoms with Crippen LogP contribution < -0.4 is 5.32 Å². The van der Waals surface area contributed by atoms with Crippen molar-refractivity contribution in [3.8, 4) is 0 Å². The summed E-state index contributed by atoms with van der Waals surface area (Å²) in [5, 5.41) is 5.01. The Kier molecular flexibility index (Phi) is 5.48. The lowest BCUT2D eigenvalue weighted by atomic mass is 10.0. The van der Waals surface area contributed by atoms with Crippen molar-refractivity contribution in [3.05, 3.63) is 36.0 Å². The highest BCUT2D eigenvalue weighted by Gasteiger charge is 2.24. The van der Waals surface area contributed by atoms with Crippen LogP contribution in [0.25, 0.3) is 10.9 Å². The Morgan fingerprint density at radius 3 is 2.75 bits per heavy atom.